The number of furan rings is 1. The fourth-order valence-electron chi connectivity index (χ4n) is 4.06. The van der Waals surface area contributed by atoms with E-state index in [0.717, 1.165) is 29.6 Å². The third-order valence-corrected chi connectivity index (χ3v) is 5.78. The topological polar surface area (TPSA) is 92.0 Å². The number of aryl methyl sites for hydroxylation is 1. The van der Waals surface area contributed by atoms with Crippen molar-refractivity contribution in [3.8, 4) is 0 Å². The number of ether oxygens (including phenoxy) is 3. The fraction of sp³-hybridized carbons (Fsp3) is 0.577. The first-order valence-electron chi connectivity index (χ1n) is 11.5. The van der Waals surface area contributed by atoms with Crippen LogP contribution in [0.15, 0.2) is 46.3 Å². The second-order valence-corrected chi connectivity index (χ2v) is 9.01. The number of allylic oxidation sites excluding steroid dienone is 2. The van der Waals surface area contributed by atoms with Gasteiger partial charge in [0.05, 0.1) is 12.5 Å². The first-order chi connectivity index (χ1) is 15.6. The highest BCUT2D eigenvalue weighted by Gasteiger charge is 2.44. The molecule has 1 fully saturated rings. The summed E-state index contributed by atoms with van der Waals surface area (Å²) in [5.74, 6) is -1.01. The molecule has 1 saturated heterocycles. The normalized spacial score (nSPS) is 20.8. The van der Waals surface area contributed by atoms with Crippen molar-refractivity contribution in [2.75, 3.05) is 0 Å². The van der Waals surface area contributed by atoms with Crippen molar-refractivity contribution in [1.82, 2.24) is 0 Å². The molecule has 0 saturated carbocycles. The first-order valence-corrected chi connectivity index (χ1v) is 11.5. The second kappa shape index (κ2) is 12.4. The lowest BCUT2D eigenvalue weighted by atomic mass is 9.90. The van der Waals surface area contributed by atoms with Gasteiger partial charge in [-0.3, -0.25) is 14.4 Å². The summed E-state index contributed by atoms with van der Waals surface area (Å²) in [6.45, 7) is 8.56. The van der Waals surface area contributed by atoms with Crippen LogP contribution in [0.3, 0.4) is 0 Å². The monoisotopic (exact) mass is 460 g/mol. The van der Waals surface area contributed by atoms with Crippen LogP contribution in [0.25, 0.3) is 0 Å². The molecule has 7 nitrogen and oxygen atoms in total. The number of rotatable bonds is 12. The Labute approximate surface area is 196 Å². The summed E-state index contributed by atoms with van der Waals surface area (Å²) in [4.78, 5) is 34.9. The van der Waals surface area contributed by atoms with E-state index in [1.54, 1.807) is 12.5 Å². The van der Waals surface area contributed by atoms with Crippen molar-refractivity contribution in [3.63, 3.8) is 0 Å². The Morgan fingerprint density at radius 3 is 2.45 bits per heavy atom. The van der Waals surface area contributed by atoms with Crippen LogP contribution in [0.4, 0.5) is 0 Å². The van der Waals surface area contributed by atoms with E-state index in [-0.39, 0.29) is 18.0 Å². The van der Waals surface area contributed by atoms with E-state index in [1.807, 2.05) is 32.9 Å². The second-order valence-electron chi connectivity index (χ2n) is 9.01. The van der Waals surface area contributed by atoms with Crippen molar-refractivity contribution in [3.05, 3.63) is 47.5 Å². The maximum Gasteiger partial charge on any atom is 0.306 e. The van der Waals surface area contributed by atoms with E-state index >= 15 is 0 Å². The third kappa shape index (κ3) is 9.28. The largest absolute Gasteiger partial charge is 0.472 e. The first kappa shape index (κ1) is 26.4. The van der Waals surface area contributed by atoms with Gasteiger partial charge in [0.15, 0.2) is 0 Å². The van der Waals surface area contributed by atoms with Crippen LogP contribution in [0.5, 0.6) is 0 Å². The molecular weight excluding hydrogens is 424 g/mol. The summed E-state index contributed by atoms with van der Waals surface area (Å²) < 4.78 is 21.6. The molecule has 0 amide bonds. The summed E-state index contributed by atoms with van der Waals surface area (Å²) in [6.07, 6.45) is 10.9. The van der Waals surface area contributed by atoms with Crippen molar-refractivity contribution >= 4 is 17.9 Å². The van der Waals surface area contributed by atoms with E-state index in [2.05, 4.69) is 6.08 Å². The van der Waals surface area contributed by atoms with Crippen LogP contribution in [0, 0.1) is 0 Å². The van der Waals surface area contributed by atoms with Crippen LogP contribution in [-0.2, 0) is 35.0 Å². The molecule has 182 valence electrons. The highest BCUT2D eigenvalue weighted by Crippen LogP contribution is 2.34. The maximum absolute atomic E-state index is 11.6. The number of carbonyl (C=O) groups is 3. The molecule has 0 aliphatic carbocycles. The molecule has 3 atom stereocenters. The molecular formula is C26H36O7. The predicted molar refractivity (Wildman–Crippen MR) is 123 cm³/mol. The fourth-order valence-corrected chi connectivity index (χ4v) is 4.06. The zero-order valence-corrected chi connectivity index (χ0v) is 20.3. The Balaban J connectivity index is 1.98. The average Bonchev–Trinajstić information content (AvgIpc) is 3.34. The summed E-state index contributed by atoms with van der Waals surface area (Å²) in [7, 11) is 0. The molecule has 0 radical (unpaired) electrons. The maximum atomic E-state index is 11.6. The van der Waals surface area contributed by atoms with E-state index < -0.39 is 17.7 Å². The van der Waals surface area contributed by atoms with Crippen LogP contribution >= 0.6 is 0 Å². The molecule has 1 aromatic rings. The average molecular weight is 461 g/mol. The number of carbonyl (C=O) groups excluding carboxylic acids is 3. The van der Waals surface area contributed by atoms with Gasteiger partial charge in [0.25, 0.3) is 0 Å². The van der Waals surface area contributed by atoms with Gasteiger partial charge in [0.1, 0.15) is 17.8 Å². The van der Waals surface area contributed by atoms with Gasteiger partial charge < -0.3 is 18.6 Å². The van der Waals surface area contributed by atoms with Crippen molar-refractivity contribution in [1.29, 1.82) is 0 Å². The quantitative estimate of drug-likeness (QED) is 0.239. The lowest BCUT2D eigenvalue weighted by Crippen LogP contribution is -2.42. The molecule has 7 heteroatoms. The van der Waals surface area contributed by atoms with Gasteiger partial charge in [-0.05, 0) is 64.2 Å². The van der Waals surface area contributed by atoms with Crippen LogP contribution in [0.2, 0.25) is 0 Å². The molecule has 0 bridgehead atoms. The molecule has 0 aromatic carbocycles. The van der Waals surface area contributed by atoms with Crippen LogP contribution < -0.4 is 0 Å². The minimum absolute atomic E-state index is 0.271. The molecule has 1 unspecified atom stereocenters. The molecule has 2 rings (SSSR count). The zero-order chi connectivity index (χ0) is 24.4. The molecule has 1 aromatic heterocycles. The number of hydrogen-bond donors (Lipinski definition) is 0. The Morgan fingerprint density at radius 1 is 1.15 bits per heavy atom. The number of cyclic esters (lactones) is 1. The van der Waals surface area contributed by atoms with Gasteiger partial charge in [0.2, 0.25) is 0 Å². The highest BCUT2D eigenvalue weighted by atomic mass is 16.6. The van der Waals surface area contributed by atoms with Gasteiger partial charge >= 0.3 is 17.9 Å². The Kier molecular flexibility index (Phi) is 9.95. The molecule has 0 spiro atoms. The van der Waals surface area contributed by atoms with E-state index in [4.69, 9.17) is 18.6 Å². The standard InChI is InChI=1S/C26H36O7/c1-18(7-6-8-22-12-14-30-17-22)15-23(31-20(3)27)16-19(2)9-10-24(32-21(4)28)26(5)13-11-25(29)33-26/h7,12,14,16-17,23-24H,6,8-11,13,15H2,1-5H3/b18-7+,19-16+/t23?,24-,26+/m1/s1. The highest BCUT2D eigenvalue weighted by molar-refractivity contribution is 5.72. The van der Waals surface area contributed by atoms with Crippen molar-refractivity contribution < 1.29 is 33.0 Å². The minimum Gasteiger partial charge on any atom is -0.472 e. The number of esters is 3. The van der Waals surface area contributed by atoms with Gasteiger partial charge in [0, 0.05) is 33.1 Å². The van der Waals surface area contributed by atoms with E-state index in [9.17, 15) is 14.4 Å². The summed E-state index contributed by atoms with van der Waals surface area (Å²) in [5, 5.41) is 0. The smallest absolute Gasteiger partial charge is 0.306 e. The van der Waals surface area contributed by atoms with Crippen molar-refractivity contribution in [2.24, 2.45) is 0 Å². The Morgan fingerprint density at radius 2 is 1.88 bits per heavy atom. The molecule has 0 N–H and O–H groups in total. The van der Waals surface area contributed by atoms with Crippen molar-refractivity contribution in [2.45, 2.75) is 97.4 Å². The van der Waals surface area contributed by atoms with Gasteiger partial charge in [-0.15, -0.1) is 0 Å². The third-order valence-electron chi connectivity index (χ3n) is 5.78. The SMILES string of the molecule is CC(=O)OC(/C=C(\C)CC[C@@H](OC(C)=O)[C@]1(C)CCC(=O)O1)C/C(C)=C/CCc1ccoc1. The van der Waals surface area contributed by atoms with E-state index in [0.29, 0.717) is 32.1 Å². The molecule has 1 aliphatic heterocycles. The van der Waals surface area contributed by atoms with Gasteiger partial charge in [-0.25, -0.2) is 0 Å². The Bertz CT molecular complexity index is 865. The van der Waals surface area contributed by atoms with Crippen LogP contribution in [-0.4, -0.2) is 35.7 Å². The molecule has 33 heavy (non-hydrogen) atoms. The Hall–Kier alpha value is -2.83. The summed E-state index contributed by atoms with van der Waals surface area (Å²) >= 11 is 0. The minimum atomic E-state index is -0.813. The van der Waals surface area contributed by atoms with Crippen LogP contribution in [0.1, 0.15) is 78.7 Å². The van der Waals surface area contributed by atoms with Gasteiger partial charge in [-0.1, -0.05) is 17.2 Å². The zero-order valence-electron chi connectivity index (χ0n) is 20.3. The van der Waals surface area contributed by atoms with Gasteiger partial charge in [-0.2, -0.15) is 0 Å². The molecule has 2 heterocycles. The lowest BCUT2D eigenvalue weighted by Gasteiger charge is -2.32. The summed E-state index contributed by atoms with van der Waals surface area (Å²) in [6, 6.07) is 1.95. The number of hydrogen-bond acceptors (Lipinski definition) is 7. The molecule has 1 aliphatic rings. The lowest BCUT2D eigenvalue weighted by molar-refractivity contribution is -0.172. The predicted octanol–water partition coefficient (Wildman–Crippen LogP) is 5.23. The summed E-state index contributed by atoms with van der Waals surface area (Å²) in [5.41, 5.74) is 2.48. The van der Waals surface area contributed by atoms with E-state index in [1.165, 1.54) is 13.8 Å².